The number of benzene rings is 2. The van der Waals surface area contributed by atoms with Gasteiger partial charge in [-0.2, -0.15) is 0 Å². The van der Waals surface area contributed by atoms with Crippen molar-refractivity contribution in [3.8, 4) is 11.3 Å². The van der Waals surface area contributed by atoms with Gasteiger partial charge in [-0.25, -0.2) is 0 Å². The number of fused-ring (bicyclic) bond motifs is 1. The molecule has 1 aliphatic heterocycles. The summed E-state index contributed by atoms with van der Waals surface area (Å²) in [6.07, 6.45) is 0. The predicted octanol–water partition coefficient (Wildman–Crippen LogP) is 4.24. The molecule has 3 heterocycles. The molecule has 1 saturated heterocycles. The highest BCUT2D eigenvalue weighted by Crippen LogP contribution is 2.25. The van der Waals surface area contributed by atoms with Gasteiger partial charge in [-0.15, -0.1) is 10.2 Å². The number of aromatic nitrogens is 3. The smallest absolute Gasteiger partial charge is 0.270 e. The number of nitrogens with zero attached hydrogens (tertiary/aromatic N) is 4. The summed E-state index contributed by atoms with van der Waals surface area (Å²) < 4.78 is 0. The summed E-state index contributed by atoms with van der Waals surface area (Å²) in [5.41, 5.74) is 3.27. The Morgan fingerprint density at radius 3 is 2.40 bits per heavy atom. The zero-order chi connectivity index (χ0) is 20.5. The zero-order valence-electron chi connectivity index (χ0n) is 16.3. The van der Waals surface area contributed by atoms with E-state index >= 15 is 0 Å². The van der Waals surface area contributed by atoms with E-state index < -0.39 is 0 Å². The van der Waals surface area contributed by atoms with Crippen LogP contribution < -0.4 is 4.90 Å². The first-order valence-corrected chi connectivity index (χ1v) is 10.3. The molecule has 0 unspecified atom stereocenters. The molecule has 0 atom stereocenters. The Morgan fingerprint density at radius 1 is 0.900 bits per heavy atom. The van der Waals surface area contributed by atoms with E-state index in [-0.39, 0.29) is 5.91 Å². The monoisotopic (exact) mass is 417 g/mol. The van der Waals surface area contributed by atoms with Crippen LogP contribution in [0.1, 0.15) is 10.5 Å². The van der Waals surface area contributed by atoms with Crippen molar-refractivity contribution in [1.82, 2.24) is 20.1 Å². The van der Waals surface area contributed by atoms with E-state index in [2.05, 4.69) is 20.1 Å². The molecule has 0 spiro atoms. The van der Waals surface area contributed by atoms with Gasteiger partial charge in [0, 0.05) is 37.1 Å². The molecule has 30 heavy (non-hydrogen) atoms. The average molecular weight is 418 g/mol. The van der Waals surface area contributed by atoms with Crippen molar-refractivity contribution >= 4 is 34.2 Å². The molecule has 150 valence electrons. The van der Waals surface area contributed by atoms with Crippen molar-refractivity contribution in [2.45, 2.75) is 0 Å². The number of rotatable bonds is 3. The van der Waals surface area contributed by atoms with Gasteiger partial charge in [-0.3, -0.25) is 4.79 Å². The van der Waals surface area contributed by atoms with E-state index in [4.69, 9.17) is 11.6 Å². The molecule has 0 bridgehead atoms. The fourth-order valence-corrected chi connectivity index (χ4v) is 4.03. The number of piperazine rings is 1. The molecular formula is C23H20ClN5O. The van der Waals surface area contributed by atoms with E-state index in [0.29, 0.717) is 36.9 Å². The number of carbonyl (C=O) groups excluding carboxylic acids is 1. The Hall–Kier alpha value is -3.38. The Labute approximate surface area is 179 Å². The Kier molecular flexibility index (Phi) is 4.85. The maximum atomic E-state index is 12.9. The lowest BCUT2D eigenvalue weighted by atomic mass is 10.1. The predicted molar refractivity (Wildman–Crippen MR) is 119 cm³/mol. The van der Waals surface area contributed by atoms with Gasteiger partial charge in [0.1, 0.15) is 5.69 Å². The van der Waals surface area contributed by atoms with E-state index in [1.165, 1.54) is 0 Å². The number of aromatic amines is 1. The minimum Gasteiger partial charge on any atom is -0.352 e. The topological polar surface area (TPSA) is 65.1 Å². The summed E-state index contributed by atoms with van der Waals surface area (Å²) in [5, 5.41) is 10.3. The van der Waals surface area contributed by atoms with Crippen LogP contribution in [0.2, 0.25) is 5.02 Å². The van der Waals surface area contributed by atoms with Crippen LogP contribution in [-0.2, 0) is 0 Å². The molecule has 0 aliphatic carbocycles. The number of hydrogen-bond donors (Lipinski definition) is 1. The van der Waals surface area contributed by atoms with Crippen molar-refractivity contribution in [2.24, 2.45) is 0 Å². The Bertz CT molecular complexity index is 1180. The number of halogens is 1. The highest BCUT2D eigenvalue weighted by molar-refractivity contribution is 6.35. The summed E-state index contributed by atoms with van der Waals surface area (Å²) in [4.78, 5) is 20.1. The van der Waals surface area contributed by atoms with Gasteiger partial charge in [-0.1, -0.05) is 54.1 Å². The maximum Gasteiger partial charge on any atom is 0.270 e. The molecule has 1 fully saturated rings. The van der Waals surface area contributed by atoms with Crippen molar-refractivity contribution in [3.63, 3.8) is 0 Å². The highest BCUT2D eigenvalue weighted by Gasteiger charge is 2.24. The normalized spacial score (nSPS) is 14.3. The SMILES string of the molecule is O=C(c1cc2cccc(Cl)c2[nH]1)N1CCN(c2ccc(-c3ccccc3)nn2)CC1. The summed E-state index contributed by atoms with van der Waals surface area (Å²) in [5.74, 6) is 0.826. The van der Waals surface area contributed by atoms with Gasteiger partial charge in [0.2, 0.25) is 0 Å². The fourth-order valence-electron chi connectivity index (χ4n) is 3.80. The lowest BCUT2D eigenvalue weighted by molar-refractivity contribution is 0.0741. The summed E-state index contributed by atoms with van der Waals surface area (Å²) in [6.45, 7) is 2.69. The van der Waals surface area contributed by atoms with E-state index in [1.807, 2.05) is 71.6 Å². The third-order valence-corrected chi connectivity index (χ3v) is 5.76. The van der Waals surface area contributed by atoms with Crippen molar-refractivity contribution in [1.29, 1.82) is 0 Å². The molecule has 2 aromatic carbocycles. The first kappa shape index (κ1) is 18.6. The standard InChI is InChI=1S/C23H20ClN5O/c24-18-8-4-7-17-15-20(25-22(17)18)23(30)29-13-11-28(12-14-29)21-10-9-19(26-27-21)16-5-2-1-3-6-16/h1-10,15,25H,11-14H2. The third-order valence-electron chi connectivity index (χ3n) is 5.45. The second kappa shape index (κ2) is 7.80. The summed E-state index contributed by atoms with van der Waals surface area (Å²) >= 11 is 6.22. The number of amides is 1. The molecule has 0 saturated carbocycles. The van der Waals surface area contributed by atoms with Crippen LogP contribution in [0.15, 0.2) is 66.7 Å². The quantitative estimate of drug-likeness (QED) is 0.541. The van der Waals surface area contributed by atoms with Crippen LogP contribution in [0.5, 0.6) is 0 Å². The van der Waals surface area contributed by atoms with Crippen molar-refractivity contribution in [3.05, 3.63) is 77.4 Å². The van der Waals surface area contributed by atoms with E-state index in [0.717, 1.165) is 28.0 Å². The summed E-state index contributed by atoms with van der Waals surface area (Å²) in [6, 6.07) is 21.5. The number of nitrogens with one attached hydrogen (secondary N) is 1. The second-order valence-corrected chi connectivity index (χ2v) is 7.72. The Morgan fingerprint density at radius 2 is 1.70 bits per heavy atom. The van der Waals surface area contributed by atoms with Crippen molar-refractivity contribution in [2.75, 3.05) is 31.1 Å². The van der Waals surface area contributed by atoms with Crippen LogP contribution in [0.3, 0.4) is 0 Å². The van der Waals surface area contributed by atoms with Crippen LogP contribution in [-0.4, -0.2) is 52.2 Å². The van der Waals surface area contributed by atoms with Crippen LogP contribution in [0.4, 0.5) is 5.82 Å². The number of para-hydroxylation sites is 1. The first-order chi connectivity index (χ1) is 14.7. The van der Waals surface area contributed by atoms with Gasteiger partial charge in [0.25, 0.3) is 5.91 Å². The van der Waals surface area contributed by atoms with E-state index in [1.54, 1.807) is 0 Å². The molecular weight excluding hydrogens is 398 g/mol. The zero-order valence-corrected chi connectivity index (χ0v) is 17.0. The molecule has 4 aromatic rings. The van der Waals surface area contributed by atoms with Crippen LogP contribution >= 0.6 is 11.6 Å². The largest absolute Gasteiger partial charge is 0.352 e. The van der Waals surface area contributed by atoms with Crippen LogP contribution in [0, 0.1) is 0 Å². The van der Waals surface area contributed by atoms with Gasteiger partial charge >= 0.3 is 0 Å². The second-order valence-electron chi connectivity index (χ2n) is 7.31. The molecule has 1 aliphatic rings. The molecule has 5 rings (SSSR count). The highest BCUT2D eigenvalue weighted by atomic mass is 35.5. The molecule has 0 radical (unpaired) electrons. The third kappa shape index (κ3) is 3.50. The number of H-pyrrole nitrogens is 1. The van der Waals surface area contributed by atoms with Gasteiger partial charge < -0.3 is 14.8 Å². The molecule has 1 N–H and O–H groups in total. The molecule has 1 amide bonds. The van der Waals surface area contributed by atoms with Crippen LogP contribution in [0.25, 0.3) is 22.2 Å². The molecule has 2 aromatic heterocycles. The van der Waals surface area contributed by atoms with Gasteiger partial charge in [0.15, 0.2) is 5.82 Å². The fraction of sp³-hybridized carbons (Fsp3) is 0.174. The minimum atomic E-state index is -0.00701. The minimum absolute atomic E-state index is 0.00701. The molecule has 7 heteroatoms. The van der Waals surface area contributed by atoms with Crippen molar-refractivity contribution < 1.29 is 4.79 Å². The maximum absolute atomic E-state index is 12.9. The number of carbonyl (C=O) groups is 1. The lowest BCUT2D eigenvalue weighted by Gasteiger charge is -2.35. The summed E-state index contributed by atoms with van der Waals surface area (Å²) in [7, 11) is 0. The van der Waals surface area contributed by atoms with Gasteiger partial charge in [-0.05, 0) is 24.3 Å². The lowest BCUT2D eigenvalue weighted by Crippen LogP contribution is -2.49. The Balaban J connectivity index is 1.25. The number of hydrogen-bond acceptors (Lipinski definition) is 4. The van der Waals surface area contributed by atoms with E-state index in [9.17, 15) is 4.79 Å². The molecule has 6 nitrogen and oxygen atoms in total. The number of anilines is 1. The average Bonchev–Trinajstić information content (AvgIpc) is 3.25. The van der Waals surface area contributed by atoms with Gasteiger partial charge in [0.05, 0.1) is 16.2 Å². The first-order valence-electron chi connectivity index (χ1n) is 9.90.